The van der Waals surface area contributed by atoms with E-state index in [0.29, 0.717) is 18.9 Å². The second-order valence-electron chi connectivity index (χ2n) is 4.19. The van der Waals surface area contributed by atoms with Crippen LogP contribution < -0.4 is 0 Å². The lowest BCUT2D eigenvalue weighted by atomic mass is 10.1. The van der Waals surface area contributed by atoms with E-state index in [1.165, 1.54) is 0 Å². The Hall–Kier alpha value is -0.950. The van der Waals surface area contributed by atoms with Crippen molar-refractivity contribution in [3.05, 3.63) is 5.82 Å². The molecule has 1 aliphatic heterocycles. The topological polar surface area (TPSA) is 84.9 Å². The van der Waals surface area contributed by atoms with Gasteiger partial charge in [0.05, 0.1) is 11.9 Å². The van der Waals surface area contributed by atoms with Gasteiger partial charge in [-0.2, -0.15) is 0 Å². The second-order valence-corrected chi connectivity index (χ2v) is 6.12. The lowest BCUT2D eigenvalue weighted by molar-refractivity contribution is 0.0304. The maximum absolute atomic E-state index is 12.0. The van der Waals surface area contributed by atoms with Crippen LogP contribution in [-0.4, -0.2) is 42.1 Å². The van der Waals surface area contributed by atoms with Gasteiger partial charge in [-0.1, -0.05) is 6.92 Å². The summed E-state index contributed by atoms with van der Waals surface area (Å²) in [5, 5.41) is 6.25. The van der Waals surface area contributed by atoms with Gasteiger partial charge < -0.3 is 4.74 Å². The Morgan fingerprint density at radius 3 is 2.88 bits per heavy atom. The minimum Gasteiger partial charge on any atom is -0.377 e. The first kappa shape index (κ1) is 12.5. The average Bonchev–Trinajstić information content (AvgIpc) is 2.79. The summed E-state index contributed by atoms with van der Waals surface area (Å²) in [5.41, 5.74) is 0. The Bertz CT molecular complexity index is 463. The van der Waals surface area contributed by atoms with E-state index in [-0.39, 0.29) is 17.0 Å². The highest BCUT2D eigenvalue weighted by atomic mass is 32.2. The van der Waals surface area contributed by atoms with E-state index >= 15 is 0 Å². The van der Waals surface area contributed by atoms with E-state index in [1.54, 1.807) is 0 Å². The van der Waals surface area contributed by atoms with Crippen LogP contribution in [0.25, 0.3) is 0 Å². The van der Waals surface area contributed by atoms with E-state index in [2.05, 4.69) is 15.2 Å². The van der Waals surface area contributed by atoms with E-state index in [1.807, 2.05) is 6.92 Å². The van der Waals surface area contributed by atoms with Gasteiger partial charge >= 0.3 is 0 Å². The van der Waals surface area contributed by atoms with Crippen molar-refractivity contribution < 1.29 is 13.2 Å². The normalized spacial score (nSPS) is 21.6. The van der Waals surface area contributed by atoms with Crippen LogP contribution in [0.1, 0.15) is 32.0 Å². The third kappa shape index (κ3) is 3.04. The van der Waals surface area contributed by atoms with Crippen molar-refractivity contribution in [1.82, 2.24) is 15.2 Å². The third-order valence-electron chi connectivity index (χ3n) is 2.80. The fraction of sp³-hybridized carbons (Fsp3) is 0.800. The minimum absolute atomic E-state index is 0.0198. The first-order valence-corrected chi connectivity index (χ1v) is 7.52. The number of aryl methyl sites for hydroxylation is 1. The molecule has 0 aromatic carbocycles. The summed E-state index contributed by atoms with van der Waals surface area (Å²) in [6.07, 6.45) is 3.26. The molecule has 0 unspecified atom stereocenters. The zero-order valence-electron chi connectivity index (χ0n) is 9.85. The molecule has 1 N–H and O–H groups in total. The van der Waals surface area contributed by atoms with E-state index in [9.17, 15) is 8.42 Å². The van der Waals surface area contributed by atoms with Gasteiger partial charge in [0, 0.05) is 13.0 Å². The van der Waals surface area contributed by atoms with Crippen molar-refractivity contribution in [3.8, 4) is 0 Å². The van der Waals surface area contributed by atoms with Crippen LogP contribution in [0.15, 0.2) is 5.16 Å². The molecular formula is C10H17N3O3S. The molecule has 1 aromatic heterocycles. The summed E-state index contributed by atoms with van der Waals surface area (Å²) in [6.45, 7) is 2.54. The maximum Gasteiger partial charge on any atom is 0.266 e. The number of H-pyrrole nitrogens is 1. The fourth-order valence-corrected chi connectivity index (χ4v) is 3.17. The van der Waals surface area contributed by atoms with Crippen LogP contribution in [0.3, 0.4) is 0 Å². The van der Waals surface area contributed by atoms with Gasteiger partial charge in [-0.3, -0.25) is 5.10 Å². The van der Waals surface area contributed by atoms with Crippen LogP contribution >= 0.6 is 0 Å². The quantitative estimate of drug-likeness (QED) is 0.860. The molecular weight excluding hydrogens is 242 g/mol. The predicted molar refractivity (Wildman–Crippen MR) is 61.4 cm³/mol. The lowest BCUT2D eigenvalue weighted by Gasteiger charge is -2.21. The SMILES string of the molecule is CCc1nc(S(=O)(=O)C[C@H]2CCCCO2)n[nH]1. The Labute approximate surface area is 101 Å². The summed E-state index contributed by atoms with van der Waals surface area (Å²) in [7, 11) is -3.43. The molecule has 2 rings (SSSR count). The largest absolute Gasteiger partial charge is 0.377 e. The Balaban J connectivity index is 2.07. The maximum atomic E-state index is 12.0. The predicted octanol–water partition coefficient (Wildman–Crippen LogP) is 0.710. The van der Waals surface area contributed by atoms with E-state index in [4.69, 9.17) is 4.74 Å². The third-order valence-corrected chi connectivity index (χ3v) is 4.35. The molecule has 1 aliphatic rings. The van der Waals surface area contributed by atoms with Crippen molar-refractivity contribution in [2.24, 2.45) is 0 Å². The number of aromatic nitrogens is 3. The number of ether oxygens (including phenoxy) is 1. The monoisotopic (exact) mass is 259 g/mol. The number of aromatic amines is 1. The highest BCUT2D eigenvalue weighted by Crippen LogP contribution is 2.17. The first-order valence-electron chi connectivity index (χ1n) is 5.87. The first-order chi connectivity index (χ1) is 8.12. The molecule has 17 heavy (non-hydrogen) atoms. The van der Waals surface area contributed by atoms with Gasteiger partial charge in [-0.25, -0.2) is 13.4 Å². The van der Waals surface area contributed by atoms with Crippen LogP contribution in [-0.2, 0) is 21.0 Å². The van der Waals surface area contributed by atoms with Gasteiger partial charge in [-0.15, -0.1) is 5.10 Å². The Kier molecular flexibility index (Phi) is 3.78. The van der Waals surface area contributed by atoms with Crippen molar-refractivity contribution >= 4 is 9.84 Å². The molecule has 6 nitrogen and oxygen atoms in total. The molecule has 1 atom stereocenters. The molecule has 0 radical (unpaired) electrons. The van der Waals surface area contributed by atoms with Crippen molar-refractivity contribution in [2.75, 3.05) is 12.4 Å². The zero-order valence-corrected chi connectivity index (χ0v) is 10.7. The molecule has 1 fully saturated rings. The standard InChI is InChI=1S/C10H17N3O3S/c1-2-9-11-10(13-12-9)17(14,15)7-8-5-3-4-6-16-8/h8H,2-7H2,1H3,(H,11,12,13)/t8-/m1/s1. The summed E-state index contributed by atoms with van der Waals surface area (Å²) in [6, 6.07) is 0. The van der Waals surface area contributed by atoms with Gasteiger partial charge in [0.25, 0.3) is 5.16 Å². The number of hydrogen-bond donors (Lipinski definition) is 1. The highest BCUT2D eigenvalue weighted by Gasteiger charge is 2.26. The Morgan fingerprint density at radius 1 is 1.47 bits per heavy atom. The van der Waals surface area contributed by atoms with Gasteiger partial charge in [0.1, 0.15) is 5.82 Å². The zero-order chi connectivity index (χ0) is 12.3. The molecule has 2 heterocycles. The second kappa shape index (κ2) is 5.14. The highest BCUT2D eigenvalue weighted by molar-refractivity contribution is 7.91. The van der Waals surface area contributed by atoms with Crippen LogP contribution in [0.4, 0.5) is 0 Å². The number of nitrogens with one attached hydrogen (secondary N) is 1. The van der Waals surface area contributed by atoms with Gasteiger partial charge in [0.15, 0.2) is 0 Å². The molecule has 0 saturated carbocycles. The average molecular weight is 259 g/mol. The number of hydrogen-bond acceptors (Lipinski definition) is 5. The van der Waals surface area contributed by atoms with E-state index < -0.39 is 9.84 Å². The number of rotatable bonds is 4. The fourth-order valence-electron chi connectivity index (χ4n) is 1.83. The molecule has 1 saturated heterocycles. The van der Waals surface area contributed by atoms with Crippen LogP contribution in [0, 0.1) is 0 Å². The van der Waals surface area contributed by atoms with E-state index in [0.717, 1.165) is 19.3 Å². The molecule has 1 aromatic rings. The van der Waals surface area contributed by atoms with Crippen molar-refractivity contribution in [1.29, 1.82) is 0 Å². The van der Waals surface area contributed by atoms with Gasteiger partial charge in [0.2, 0.25) is 9.84 Å². The molecule has 96 valence electrons. The molecule has 0 bridgehead atoms. The minimum atomic E-state index is -3.43. The summed E-state index contributed by atoms with van der Waals surface area (Å²) >= 11 is 0. The van der Waals surface area contributed by atoms with Crippen molar-refractivity contribution in [2.45, 2.75) is 43.9 Å². The molecule has 0 aliphatic carbocycles. The lowest BCUT2D eigenvalue weighted by Crippen LogP contribution is -2.28. The molecule has 0 spiro atoms. The number of nitrogens with zero attached hydrogens (tertiary/aromatic N) is 2. The van der Waals surface area contributed by atoms with Crippen LogP contribution in [0.2, 0.25) is 0 Å². The molecule has 7 heteroatoms. The Morgan fingerprint density at radius 2 is 2.29 bits per heavy atom. The molecule has 0 amide bonds. The smallest absolute Gasteiger partial charge is 0.266 e. The van der Waals surface area contributed by atoms with Crippen LogP contribution in [0.5, 0.6) is 0 Å². The summed E-state index contributed by atoms with van der Waals surface area (Å²) in [4.78, 5) is 3.96. The summed E-state index contributed by atoms with van der Waals surface area (Å²) in [5.74, 6) is 0.571. The summed E-state index contributed by atoms with van der Waals surface area (Å²) < 4.78 is 29.4. The van der Waals surface area contributed by atoms with Crippen molar-refractivity contribution in [3.63, 3.8) is 0 Å². The number of sulfone groups is 1. The van der Waals surface area contributed by atoms with Gasteiger partial charge in [-0.05, 0) is 19.3 Å².